The molecule has 1 amide bonds. The molecule has 1 saturated carbocycles. The van der Waals surface area contributed by atoms with E-state index in [0.717, 1.165) is 11.5 Å². The van der Waals surface area contributed by atoms with E-state index in [2.05, 4.69) is 27.1 Å². The van der Waals surface area contributed by atoms with E-state index in [4.69, 9.17) is 12.2 Å². The lowest BCUT2D eigenvalue weighted by Gasteiger charge is -2.03. The molecule has 144 valence electrons. The number of carbonyl (C=O) groups is 1. The van der Waals surface area contributed by atoms with E-state index in [1.54, 1.807) is 24.3 Å². The Hall–Kier alpha value is -2.65. The van der Waals surface area contributed by atoms with Crippen molar-refractivity contribution in [2.24, 2.45) is 5.92 Å². The second kappa shape index (κ2) is 7.76. The fourth-order valence-corrected chi connectivity index (χ4v) is 4.15. The highest BCUT2D eigenvalue weighted by atomic mass is 32.1. The fourth-order valence-electron chi connectivity index (χ4n) is 3.21. The average Bonchev–Trinajstić information content (AvgIpc) is 3.25. The Bertz CT molecular complexity index is 1090. The highest BCUT2D eigenvalue weighted by molar-refractivity contribution is 7.71. The SMILES string of the molecule is C=CCn1c(Cc2csc(NC(=O)[C@H]3C[C@@H]3c3ccccc3F)n2)n[nH]c1=S. The number of amides is 1. The van der Waals surface area contributed by atoms with Gasteiger partial charge in [-0.25, -0.2) is 9.37 Å². The summed E-state index contributed by atoms with van der Waals surface area (Å²) in [7, 11) is 0. The zero-order valence-electron chi connectivity index (χ0n) is 14.9. The summed E-state index contributed by atoms with van der Waals surface area (Å²) >= 11 is 6.57. The second-order valence-corrected chi connectivity index (χ2v) is 7.87. The van der Waals surface area contributed by atoms with Crippen LogP contribution in [0.3, 0.4) is 0 Å². The van der Waals surface area contributed by atoms with Gasteiger partial charge in [0.25, 0.3) is 0 Å². The number of allylic oxidation sites excluding steroid dienone is 1. The Morgan fingerprint density at radius 2 is 2.32 bits per heavy atom. The molecule has 28 heavy (non-hydrogen) atoms. The minimum atomic E-state index is -0.257. The first-order chi connectivity index (χ1) is 13.6. The summed E-state index contributed by atoms with van der Waals surface area (Å²) in [6.07, 6.45) is 2.90. The van der Waals surface area contributed by atoms with Crippen LogP contribution >= 0.6 is 23.6 Å². The number of hydrogen-bond acceptors (Lipinski definition) is 5. The van der Waals surface area contributed by atoms with Gasteiger partial charge in [0.2, 0.25) is 5.91 Å². The lowest BCUT2D eigenvalue weighted by Crippen LogP contribution is -2.14. The number of H-pyrrole nitrogens is 1. The summed E-state index contributed by atoms with van der Waals surface area (Å²) in [4.78, 5) is 16.9. The van der Waals surface area contributed by atoms with Gasteiger partial charge in [-0.1, -0.05) is 24.3 Å². The van der Waals surface area contributed by atoms with Crippen LogP contribution in [0, 0.1) is 16.5 Å². The summed E-state index contributed by atoms with van der Waals surface area (Å²) in [5, 5.41) is 12.3. The Morgan fingerprint density at radius 3 is 3.11 bits per heavy atom. The van der Waals surface area contributed by atoms with E-state index in [1.165, 1.54) is 17.4 Å². The predicted molar refractivity (Wildman–Crippen MR) is 108 cm³/mol. The molecule has 0 spiro atoms. The molecule has 0 unspecified atom stereocenters. The number of aromatic nitrogens is 4. The van der Waals surface area contributed by atoms with Crippen molar-refractivity contribution in [2.45, 2.75) is 25.3 Å². The van der Waals surface area contributed by atoms with Crippen molar-refractivity contribution in [3.05, 3.63) is 70.0 Å². The maximum absolute atomic E-state index is 13.9. The van der Waals surface area contributed by atoms with Gasteiger partial charge in [-0.15, -0.1) is 17.9 Å². The molecule has 2 heterocycles. The highest BCUT2D eigenvalue weighted by Crippen LogP contribution is 2.48. The Balaban J connectivity index is 1.39. The van der Waals surface area contributed by atoms with Crippen molar-refractivity contribution in [1.29, 1.82) is 0 Å². The molecule has 0 radical (unpaired) electrons. The molecular formula is C19H18FN5OS2. The Morgan fingerprint density at radius 1 is 1.50 bits per heavy atom. The molecule has 2 aromatic heterocycles. The van der Waals surface area contributed by atoms with Crippen LogP contribution < -0.4 is 5.32 Å². The van der Waals surface area contributed by atoms with Gasteiger partial charge in [-0.3, -0.25) is 14.5 Å². The summed E-state index contributed by atoms with van der Waals surface area (Å²) in [6.45, 7) is 4.29. The molecular weight excluding hydrogens is 397 g/mol. The number of halogens is 1. The Kier molecular flexibility index (Phi) is 5.19. The molecule has 2 atom stereocenters. The maximum atomic E-state index is 13.9. The van der Waals surface area contributed by atoms with Crippen LogP contribution in [-0.4, -0.2) is 25.7 Å². The smallest absolute Gasteiger partial charge is 0.229 e. The van der Waals surface area contributed by atoms with E-state index in [9.17, 15) is 9.18 Å². The molecule has 0 saturated heterocycles. The summed E-state index contributed by atoms with van der Waals surface area (Å²) in [5.41, 5.74) is 1.40. The standard InChI is InChI=1S/C19H18FN5OS2/c1-2-7-25-16(23-24-19(25)27)8-11-10-28-18(21-11)22-17(26)14-9-13(14)12-5-3-4-6-15(12)20/h2-6,10,13-14H,1,7-9H2,(H,24,27)(H,21,22,26)/t13-,14+/m1/s1. The predicted octanol–water partition coefficient (Wildman–Crippen LogP) is 4.06. The van der Waals surface area contributed by atoms with Crippen LogP contribution in [-0.2, 0) is 17.8 Å². The largest absolute Gasteiger partial charge is 0.302 e. The molecule has 1 aromatic carbocycles. The van der Waals surface area contributed by atoms with E-state index in [1.807, 2.05) is 9.95 Å². The van der Waals surface area contributed by atoms with Crippen molar-refractivity contribution in [3.8, 4) is 0 Å². The molecule has 1 aliphatic rings. The molecule has 1 aliphatic carbocycles. The number of carbonyl (C=O) groups excluding carboxylic acids is 1. The number of nitrogens with one attached hydrogen (secondary N) is 2. The number of benzene rings is 1. The highest BCUT2D eigenvalue weighted by Gasteiger charge is 2.45. The lowest BCUT2D eigenvalue weighted by molar-refractivity contribution is -0.117. The lowest BCUT2D eigenvalue weighted by atomic mass is 10.1. The van der Waals surface area contributed by atoms with E-state index in [-0.39, 0.29) is 23.6 Å². The minimum absolute atomic E-state index is 0.0620. The first-order valence-electron chi connectivity index (χ1n) is 8.81. The maximum Gasteiger partial charge on any atom is 0.229 e. The van der Waals surface area contributed by atoms with Crippen molar-refractivity contribution in [1.82, 2.24) is 19.7 Å². The number of rotatable bonds is 7. The van der Waals surface area contributed by atoms with Crippen LogP contribution in [0.5, 0.6) is 0 Å². The van der Waals surface area contributed by atoms with Crippen LogP contribution in [0.15, 0.2) is 42.3 Å². The third-order valence-electron chi connectivity index (χ3n) is 4.70. The first-order valence-corrected chi connectivity index (χ1v) is 10.1. The summed E-state index contributed by atoms with van der Waals surface area (Å²) < 4.78 is 16.3. The third-order valence-corrected chi connectivity index (χ3v) is 5.82. The number of thiazole rings is 1. The van der Waals surface area contributed by atoms with Crippen LogP contribution in [0.2, 0.25) is 0 Å². The van der Waals surface area contributed by atoms with Crippen LogP contribution in [0.25, 0.3) is 0 Å². The van der Waals surface area contributed by atoms with Crippen molar-refractivity contribution in [2.75, 3.05) is 5.32 Å². The molecule has 1 fully saturated rings. The quantitative estimate of drug-likeness (QED) is 0.451. The monoisotopic (exact) mass is 415 g/mol. The van der Waals surface area contributed by atoms with Gasteiger partial charge in [0, 0.05) is 17.8 Å². The molecule has 0 aliphatic heterocycles. The topological polar surface area (TPSA) is 75.6 Å². The molecule has 0 bridgehead atoms. The first kappa shape index (κ1) is 18.7. The van der Waals surface area contributed by atoms with Crippen molar-refractivity contribution in [3.63, 3.8) is 0 Å². The number of anilines is 1. The molecule has 3 aromatic rings. The molecule has 9 heteroatoms. The second-order valence-electron chi connectivity index (χ2n) is 6.62. The van der Waals surface area contributed by atoms with Gasteiger partial charge in [0.15, 0.2) is 9.90 Å². The number of nitrogens with zero attached hydrogens (tertiary/aromatic N) is 3. The Labute approximate surface area is 170 Å². The van der Waals surface area contributed by atoms with Crippen molar-refractivity contribution < 1.29 is 9.18 Å². The van der Waals surface area contributed by atoms with Gasteiger partial charge in [-0.2, -0.15) is 5.10 Å². The number of hydrogen-bond donors (Lipinski definition) is 2. The zero-order valence-corrected chi connectivity index (χ0v) is 16.5. The zero-order chi connectivity index (χ0) is 19.7. The van der Waals surface area contributed by atoms with Gasteiger partial charge >= 0.3 is 0 Å². The van der Waals surface area contributed by atoms with Gasteiger partial charge < -0.3 is 5.32 Å². The number of aromatic amines is 1. The normalized spacial score (nSPS) is 18.0. The van der Waals surface area contributed by atoms with Crippen molar-refractivity contribution >= 4 is 34.6 Å². The summed E-state index contributed by atoms with van der Waals surface area (Å²) in [5.74, 6) is 0.104. The van der Waals surface area contributed by atoms with E-state index >= 15 is 0 Å². The van der Waals surface area contributed by atoms with Crippen LogP contribution in [0.4, 0.5) is 9.52 Å². The minimum Gasteiger partial charge on any atom is -0.302 e. The molecule has 4 rings (SSSR count). The van der Waals surface area contributed by atoms with Gasteiger partial charge in [0.05, 0.1) is 12.1 Å². The average molecular weight is 416 g/mol. The van der Waals surface area contributed by atoms with E-state index < -0.39 is 0 Å². The molecule has 6 nitrogen and oxygen atoms in total. The van der Waals surface area contributed by atoms with Crippen LogP contribution in [0.1, 0.15) is 29.4 Å². The third kappa shape index (κ3) is 3.81. The summed E-state index contributed by atoms with van der Waals surface area (Å²) in [6, 6.07) is 6.61. The van der Waals surface area contributed by atoms with Gasteiger partial charge in [-0.05, 0) is 36.2 Å². The van der Waals surface area contributed by atoms with E-state index in [0.29, 0.717) is 34.9 Å². The molecule has 2 N–H and O–H groups in total. The fraction of sp³-hybridized carbons (Fsp3) is 0.263. The van der Waals surface area contributed by atoms with Gasteiger partial charge in [0.1, 0.15) is 11.6 Å².